The second kappa shape index (κ2) is 4.24. The maximum absolute atomic E-state index is 4.69. The van der Waals surface area contributed by atoms with Gasteiger partial charge in [0.2, 0.25) is 0 Å². The predicted octanol–water partition coefficient (Wildman–Crippen LogP) is 2.73. The zero-order chi connectivity index (χ0) is 11.7. The summed E-state index contributed by atoms with van der Waals surface area (Å²) < 4.78 is 0. The molecule has 17 heavy (non-hydrogen) atoms. The summed E-state index contributed by atoms with van der Waals surface area (Å²) >= 11 is 0. The maximum Gasteiger partial charge on any atom is 0.161 e. The highest BCUT2D eigenvalue weighted by Gasteiger charge is 2.15. The number of nitrogens with zero attached hydrogens (tertiary/aromatic N) is 3. The molecule has 3 rings (SSSR count). The summed E-state index contributed by atoms with van der Waals surface area (Å²) in [5.74, 6) is 0.816. The van der Waals surface area contributed by atoms with Crippen LogP contribution < -0.4 is 0 Å². The number of hydrogen-bond acceptors (Lipinski definition) is 3. The van der Waals surface area contributed by atoms with Gasteiger partial charge in [-0.25, -0.2) is 9.97 Å². The van der Waals surface area contributed by atoms with Crippen molar-refractivity contribution in [1.82, 2.24) is 15.0 Å². The molecule has 0 saturated heterocycles. The lowest BCUT2D eigenvalue weighted by atomic mass is 9.95. The lowest BCUT2D eigenvalue weighted by molar-refractivity contribution is 0.658. The summed E-state index contributed by atoms with van der Waals surface area (Å²) in [4.78, 5) is 13.4. The Kier molecular flexibility index (Phi) is 2.59. The fourth-order valence-electron chi connectivity index (χ4n) is 2.41. The molecule has 2 heterocycles. The molecule has 0 aliphatic heterocycles. The third kappa shape index (κ3) is 1.93. The van der Waals surface area contributed by atoms with Crippen LogP contribution in [0.1, 0.15) is 29.8 Å². The van der Waals surface area contributed by atoms with Gasteiger partial charge in [0, 0.05) is 29.3 Å². The molecule has 0 spiro atoms. The van der Waals surface area contributed by atoms with Crippen LogP contribution in [0.5, 0.6) is 0 Å². The van der Waals surface area contributed by atoms with E-state index in [2.05, 4.69) is 16.9 Å². The lowest BCUT2D eigenvalue weighted by Crippen LogP contribution is -2.10. The number of aryl methyl sites for hydroxylation is 2. The van der Waals surface area contributed by atoms with Crippen LogP contribution in [0.3, 0.4) is 0 Å². The van der Waals surface area contributed by atoms with E-state index >= 15 is 0 Å². The van der Waals surface area contributed by atoms with Gasteiger partial charge < -0.3 is 0 Å². The molecule has 1 aliphatic rings. The van der Waals surface area contributed by atoms with E-state index in [4.69, 9.17) is 4.98 Å². The maximum atomic E-state index is 4.69. The van der Waals surface area contributed by atoms with Crippen LogP contribution in [0.4, 0.5) is 0 Å². The van der Waals surface area contributed by atoms with Crippen molar-refractivity contribution < 1.29 is 0 Å². The van der Waals surface area contributed by atoms with Crippen LogP contribution in [-0.4, -0.2) is 15.0 Å². The second-order valence-corrected chi connectivity index (χ2v) is 4.51. The van der Waals surface area contributed by atoms with Crippen LogP contribution in [0.15, 0.2) is 24.5 Å². The molecule has 0 unspecified atom stereocenters. The first kappa shape index (κ1) is 10.4. The highest BCUT2D eigenvalue weighted by Crippen LogP contribution is 2.24. The van der Waals surface area contributed by atoms with Gasteiger partial charge in [0.1, 0.15) is 0 Å². The molecule has 0 fully saturated rings. The SMILES string of the molecule is Cc1nc(-c2cccnc2)nc2c1CCCC2. The summed E-state index contributed by atoms with van der Waals surface area (Å²) in [6.07, 6.45) is 8.33. The molecule has 2 aromatic rings. The van der Waals surface area contributed by atoms with E-state index in [0.717, 1.165) is 29.9 Å². The molecule has 3 nitrogen and oxygen atoms in total. The Morgan fingerprint density at radius 1 is 1.12 bits per heavy atom. The third-order valence-electron chi connectivity index (χ3n) is 3.31. The minimum atomic E-state index is 0.816. The van der Waals surface area contributed by atoms with E-state index in [1.807, 2.05) is 18.3 Å². The van der Waals surface area contributed by atoms with E-state index < -0.39 is 0 Å². The van der Waals surface area contributed by atoms with Crippen molar-refractivity contribution in [2.24, 2.45) is 0 Å². The molecule has 1 aliphatic carbocycles. The van der Waals surface area contributed by atoms with E-state index in [1.165, 1.54) is 24.1 Å². The number of aromatic nitrogens is 3. The zero-order valence-electron chi connectivity index (χ0n) is 9.98. The Bertz CT molecular complexity index is 535. The van der Waals surface area contributed by atoms with Gasteiger partial charge in [-0.15, -0.1) is 0 Å². The Hall–Kier alpha value is -1.77. The summed E-state index contributed by atoms with van der Waals surface area (Å²) in [6, 6.07) is 3.93. The number of hydrogen-bond donors (Lipinski definition) is 0. The van der Waals surface area contributed by atoms with E-state index in [1.54, 1.807) is 6.20 Å². The van der Waals surface area contributed by atoms with E-state index in [0.29, 0.717) is 0 Å². The van der Waals surface area contributed by atoms with Gasteiger partial charge in [-0.05, 0) is 50.3 Å². The quantitative estimate of drug-likeness (QED) is 0.749. The Morgan fingerprint density at radius 3 is 2.82 bits per heavy atom. The molecule has 0 N–H and O–H groups in total. The van der Waals surface area contributed by atoms with Crippen molar-refractivity contribution in [2.45, 2.75) is 32.6 Å². The standard InChI is InChI=1S/C14H15N3/c1-10-12-6-2-3-7-13(12)17-14(16-10)11-5-4-8-15-9-11/h4-5,8-9H,2-3,6-7H2,1H3. The minimum absolute atomic E-state index is 0.816. The molecule has 0 aromatic carbocycles. The van der Waals surface area contributed by atoms with Gasteiger partial charge in [0.05, 0.1) is 0 Å². The van der Waals surface area contributed by atoms with Gasteiger partial charge in [-0.3, -0.25) is 4.98 Å². The first-order valence-electron chi connectivity index (χ1n) is 6.11. The molecule has 0 amide bonds. The number of pyridine rings is 1. The average molecular weight is 225 g/mol. The predicted molar refractivity (Wildman–Crippen MR) is 66.6 cm³/mol. The summed E-state index contributed by atoms with van der Waals surface area (Å²) in [7, 11) is 0. The van der Waals surface area contributed by atoms with Crippen molar-refractivity contribution in [3.8, 4) is 11.4 Å². The Balaban J connectivity index is 2.11. The van der Waals surface area contributed by atoms with Crippen molar-refractivity contribution in [3.63, 3.8) is 0 Å². The van der Waals surface area contributed by atoms with Crippen LogP contribution in [0, 0.1) is 6.92 Å². The fraction of sp³-hybridized carbons (Fsp3) is 0.357. The first-order chi connectivity index (χ1) is 8.34. The molecule has 2 aromatic heterocycles. The summed E-state index contributed by atoms with van der Waals surface area (Å²) in [6.45, 7) is 2.09. The van der Waals surface area contributed by atoms with Crippen LogP contribution in [-0.2, 0) is 12.8 Å². The summed E-state index contributed by atoms with van der Waals surface area (Å²) in [5.41, 5.74) is 4.74. The molecular weight excluding hydrogens is 210 g/mol. The van der Waals surface area contributed by atoms with E-state index in [-0.39, 0.29) is 0 Å². The molecule has 0 radical (unpaired) electrons. The molecule has 0 bridgehead atoms. The summed E-state index contributed by atoms with van der Waals surface area (Å²) in [5, 5.41) is 0. The zero-order valence-corrected chi connectivity index (χ0v) is 9.98. The minimum Gasteiger partial charge on any atom is -0.264 e. The average Bonchev–Trinajstić information content (AvgIpc) is 2.40. The molecule has 86 valence electrons. The highest BCUT2D eigenvalue weighted by atomic mass is 14.9. The van der Waals surface area contributed by atoms with Crippen LogP contribution in [0.25, 0.3) is 11.4 Å². The van der Waals surface area contributed by atoms with Crippen LogP contribution >= 0.6 is 0 Å². The van der Waals surface area contributed by atoms with Gasteiger partial charge in [-0.2, -0.15) is 0 Å². The smallest absolute Gasteiger partial charge is 0.161 e. The molecule has 0 atom stereocenters. The second-order valence-electron chi connectivity index (χ2n) is 4.51. The Morgan fingerprint density at radius 2 is 2.00 bits per heavy atom. The lowest BCUT2D eigenvalue weighted by Gasteiger charge is -2.17. The topological polar surface area (TPSA) is 38.7 Å². The van der Waals surface area contributed by atoms with Crippen molar-refractivity contribution in [2.75, 3.05) is 0 Å². The van der Waals surface area contributed by atoms with Gasteiger partial charge in [0.15, 0.2) is 5.82 Å². The first-order valence-corrected chi connectivity index (χ1v) is 6.11. The largest absolute Gasteiger partial charge is 0.264 e. The van der Waals surface area contributed by atoms with Gasteiger partial charge >= 0.3 is 0 Å². The normalized spacial score (nSPS) is 14.4. The Labute approximate surface area is 101 Å². The highest BCUT2D eigenvalue weighted by molar-refractivity contribution is 5.54. The van der Waals surface area contributed by atoms with Crippen molar-refractivity contribution in [1.29, 1.82) is 0 Å². The fourth-order valence-corrected chi connectivity index (χ4v) is 2.41. The molecular formula is C14H15N3. The van der Waals surface area contributed by atoms with E-state index in [9.17, 15) is 0 Å². The number of rotatable bonds is 1. The van der Waals surface area contributed by atoms with Gasteiger partial charge in [0.25, 0.3) is 0 Å². The van der Waals surface area contributed by atoms with Gasteiger partial charge in [-0.1, -0.05) is 0 Å². The van der Waals surface area contributed by atoms with Crippen LogP contribution in [0.2, 0.25) is 0 Å². The van der Waals surface area contributed by atoms with Crippen molar-refractivity contribution in [3.05, 3.63) is 41.5 Å². The third-order valence-corrected chi connectivity index (χ3v) is 3.31. The molecule has 0 saturated carbocycles. The van der Waals surface area contributed by atoms with Crippen molar-refractivity contribution >= 4 is 0 Å². The number of fused-ring (bicyclic) bond motifs is 1. The monoisotopic (exact) mass is 225 g/mol. The molecule has 3 heteroatoms.